The van der Waals surface area contributed by atoms with Crippen LogP contribution in [0.5, 0.6) is 0 Å². The van der Waals surface area contributed by atoms with Gasteiger partial charge in [-0.2, -0.15) is 0 Å². The van der Waals surface area contributed by atoms with Gasteiger partial charge in [0.1, 0.15) is 5.82 Å². The van der Waals surface area contributed by atoms with Gasteiger partial charge in [-0.15, -0.1) is 0 Å². The lowest BCUT2D eigenvalue weighted by atomic mass is 10.2. The number of hydrogen-bond donors (Lipinski definition) is 3. The number of hydrogen-bond acceptors (Lipinski definition) is 4. The maximum atomic E-state index is 13.4. The molecule has 0 spiro atoms. The lowest BCUT2D eigenvalue weighted by molar-refractivity contribution is 0.0572. The van der Waals surface area contributed by atoms with Gasteiger partial charge in [0, 0.05) is 19.2 Å². The van der Waals surface area contributed by atoms with Gasteiger partial charge < -0.3 is 20.8 Å². The topological polar surface area (TPSA) is 69.7 Å². The third-order valence-corrected chi connectivity index (χ3v) is 3.28. The molecule has 1 saturated heterocycles. The quantitative estimate of drug-likeness (QED) is 0.667. The van der Waals surface area contributed by atoms with Gasteiger partial charge in [-0.05, 0) is 22.0 Å². The van der Waals surface area contributed by atoms with Crippen LogP contribution >= 0.6 is 15.9 Å². The van der Waals surface area contributed by atoms with Crippen LogP contribution in [0.25, 0.3) is 0 Å². The molecule has 2 atom stereocenters. The number of benzene rings is 1. The van der Waals surface area contributed by atoms with E-state index in [4.69, 9.17) is 5.73 Å². The van der Waals surface area contributed by atoms with Gasteiger partial charge in [-0.25, -0.2) is 4.39 Å². The molecule has 0 radical (unpaired) electrons. The number of halogens is 2. The first-order valence-electron chi connectivity index (χ1n) is 4.84. The van der Waals surface area contributed by atoms with Crippen molar-refractivity contribution in [3.8, 4) is 0 Å². The van der Waals surface area contributed by atoms with Gasteiger partial charge in [0.2, 0.25) is 0 Å². The zero-order valence-corrected chi connectivity index (χ0v) is 9.98. The molecule has 0 saturated carbocycles. The van der Waals surface area contributed by atoms with Crippen molar-refractivity contribution in [2.24, 2.45) is 0 Å². The number of nitrogens with two attached hydrogens (primary N) is 1. The van der Waals surface area contributed by atoms with Gasteiger partial charge in [0.25, 0.3) is 0 Å². The molecule has 0 bridgehead atoms. The summed E-state index contributed by atoms with van der Waals surface area (Å²) in [6, 6.07) is 2.77. The average Bonchev–Trinajstić information content (AvgIpc) is 2.53. The van der Waals surface area contributed by atoms with Crippen LogP contribution in [-0.2, 0) is 0 Å². The van der Waals surface area contributed by atoms with Crippen LogP contribution in [0.2, 0.25) is 0 Å². The summed E-state index contributed by atoms with van der Waals surface area (Å²) in [7, 11) is 0. The Bertz CT molecular complexity index is 406. The molecule has 0 amide bonds. The number of aliphatic hydroxyl groups is 2. The smallest absolute Gasteiger partial charge is 0.139 e. The van der Waals surface area contributed by atoms with Crippen LogP contribution in [-0.4, -0.2) is 35.5 Å². The summed E-state index contributed by atoms with van der Waals surface area (Å²) in [5.41, 5.74) is 6.67. The Morgan fingerprint density at radius 3 is 2.44 bits per heavy atom. The number of nitrogens with zero attached hydrogens (tertiary/aromatic N) is 1. The summed E-state index contributed by atoms with van der Waals surface area (Å²) in [5.74, 6) is -0.417. The number of aliphatic hydroxyl groups excluding tert-OH is 2. The highest BCUT2D eigenvalue weighted by Crippen LogP contribution is 2.31. The molecule has 1 aromatic carbocycles. The van der Waals surface area contributed by atoms with Crippen molar-refractivity contribution >= 4 is 27.3 Å². The van der Waals surface area contributed by atoms with Crippen molar-refractivity contribution in [2.75, 3.05) is 23.7 Å². The molecule has 1 aliphatic rings. The summed E-state index contributed by atoms with van der Waals surface area (Å²) in [5, 5.41) is 18.8. The highest BCUT2D eigenvalue weighted by Gasteiger charge is 2.30. The number of anilines is 2. The van der Waals surface area contributed by atoms with Crippen molar-refractivity contribution in [2.45, 2.75) is 12.2 Å². The first-order chi connectivity index (χ1) is 7.49. The van der Waals surface area contributed by atoms with E-state index in [1.165, 1.54) is 12.1 Å². The summed E-state index contributed by atoms with van der Waals surface area (Å²) >= 11 is 3.04. The van der Waals surface area contributed by atoms with Crippen LogP contribution in [0.4, 0.5) is 15.8 Å². The molecule has 1 aliphatic heterocycles. The van der Waals surface area contributed by atoms with E-state index in [1.807, 2.05) is 0 Å². The highest BCUT2D eigenvalue weighted by molar-refractivity contribution is 9.10. The van der Waals surface area contributed by atoms with E-state index >= 15 is 0 Å². The fourth-order valence-electron chi connectivity index (χ4n) is 1.79. The van der Waals surface area contributed by atoms with E-state index in [0.29, 0.717) is 15.8 Å². The summed E-state index contributed by atoms with van der Waals surface area (Å²) in [4.78, 5) is 1.67. The molecular formula is C10H12BrFN2O2. The fraction of sp³-hybridized carbons (Fsp3) is 0.400. The second-order valence-corrected chi connectivity index (χ2v) is 4.72. The maximum absolute atomic E-state index is 13.4. The van der Waals surface area contributed by atoms with Crippen LogP contribution in [0.15, 0.2) is 16.6 Å². The Labute approximate surface area is 101 Å². The van der Waals surface area contributed by atoms with E-state index in [1.54, 1.807) is 4.90 Å². The summed E-state index contributed by atoms with van der Waals surface area (Å²) in [6.45, 7) is 0.513. The first kappa shape index (κ1) is 11.6. The van der Waals surface area contributed by atoms with Crippen molar-refractivity contribution in [1.29, 1.82) is 0 Å². The Kier molecular flexibility index (Phi) is 3.05. The normalized spacial score (nSPS) is 25.1. The lowest BCUT2D eigenvalue weighted by Crippen LogP contribution is -2.22. The van der Waals surface area contributed by atoms with Gasteiger partial charge in [-0.1, -0.05) is 0 Å². The van der Waals surface area contributed by atoms with E-state index in [9.17, 15) is 14.6 Å². The molecular weight excluding hydrogens is 279 g/mol. The van der Waals surface area contributed by atoms with E-state index in [-0.39, 0.29) is 13.1 Å². The Morgan fingerprint density at radius 2 is 1.88 bits per heavy atom. The Hall–Kier alpha value is -0.850. The molecule has 4 N–H and O–H groups in total. The van der Waals surface area contributed by atoms with E-state index in [0.717, 1.165) is 0 Å². The lowest BCUT2D eigenvalue weighted by Gasteiger charge is -2.20. The van der Waals surface area contributed by atoms with Gasteiger partial charge in [-0.3, -0.25) is 0 Å². The summed E-state index contributed by atoms with van der Waals surface area (Å²) in [6.07, 6.45) is -1.63. The summed E-state index contributed by atoms with van der Waals surface area (Å²) < 4.78 is 13.7. The predicted molar refractivity (Wildman–Crippen MR) is 62.7 cm³/mol. The average molecular weight is 291 g/mol. The zero-order chi connectivity index (χ0) is 11.9. The zero-order valence-electron chi connectivity index (χ0n) is 8.40. The molecule has 0 aromatic heterocycles. The minimum absolute atomic E-state index is 0.256. The van der Waals surface area contributed by atoms with Crippen LogP contribution < -0.4 is 10.6 Å². The van der Waals surface area contributed by atoms with Gasteiger partial charge in [0.05, 0.1) is 28.1 Å². The van der Waals surface area contributed by atoms with Crippen molar-refractivity contribution in [3.63, 3.8) is 0 Å². The minimum atomic E-state index is -0.814. The molecule has 4 nitrogen and oxygen atoms in total. The fourth-order valence-corrected chi connectivity index (χ4v) is 2.15. The van der Waals surface area contributed by atoms with E-state index < -0.39 is 18.0 Å². The molecule has 1 fully saturated rings. The molecule has 16 heavy (non-hydrogen) atoms. The molecule has 1 aromatic rings. The second-order valence-electron chi connectivity index (χ2n) is 3.86. The SMILES string of the molecule is Nc1cc(Br)c(F)cc1N1CC(O)C(O)C1. The molecule has 2 unspecified atom stereocenters. The second kappa shape index (κ2) is 4.20. The predicted octanol–water partition coefficient (Wildman–Crippen LogP) is 0.712. The number of nitrogen functional groups attached to an aromatic ring is 1. The largest absolute Gasteiger partial charge is 0.397 e. The van der Waals surface area contributed by atoms with Crippen LogP contribution in [0.3, 0.4) is 0 Å². The Balaban J connectivity index is 2.31. The van der Waals surface area contributed by atoms with Crippen molar-refractivity contribution < 1.29 is 14.6 Å². The van der Waals surface area contributed by atoms with Gasteiger partial charge in [0.15, 0.2) is 0 Å². The monoisotopic (exact) mass is 290 g/mol. The molecule has 0 aliphatic carbocycles. The third-order valence-electron chi connectivity index (χ3n) is 2.67. The standard InChI is InChI=1S/C10H12BrFN2O2/c11-5-1-7(13)8(2-6(5)12)14-3-9(15)10(16)4-14/h1-2,9-10,15-16H,3-4,13H2. The molecule has 2 rings (SSSR count). The van der Waals surface area contributed by atoms with Crippen LogP contribution in [0.1, 0.15) is 0 Å². The third kappa shape index (κ3) is 2.00. The van der Waals surface area contributed by atoms with Crippen molar-refractivity contribution in [3.05, 3.63) is 22.4 Å². The molecule has 1 heterocycles. The number of β-amino-alcohol motifs (C(OH)–C–C–N with tert-alkyl or cyclic N) is 2. The van der Waals surface area contributed by atoms with Crippen LogP contribution in [0, 0.1) is 5.82 Å². The molecule has 88 valence electrons. The first-order valence-corrected chi connectivity index (χ1v) is 5.64. The van der Waals surface area contributed by atoms with Crippen molar-refractivity contribution in [1.82, 2.24) is 0 Å². The highest BCUT2D eigenvalue weighted by atomic mass is 79.9. The van der Waals surface area contributed by atoms with Gasteiger partial charge >= 0.3 is 0 Å². The maximum Gasteiger partial charge on any atom is 0.139 e. The molecule has 6 heteroatoms. The number of rotatable bonds is 1. The Morgan fingerprint density at radius 1 is 1.31 bits per heavy atom. The minimum Gasteiger partial charge on any atom is -0.397 e. The van der Waals surface area contributed by atoms with E-state index in [2.05, 4.69) is 15.9 Å².